The molecular weight excluding hydrogens is 422 g/mol. The molecule has 0 bridgehead atoms. The van der Waals surface area contributed by atoms with Crippen LogP contribution in [0, 0.1) is 5.92 Å². The Bertz CT molecular complexity index is 1190. The molecule has 7 nitrogen and oxygen atoms in total. The number of amides is 1. The molecule has 0 spiro atoms. The van der Waals surface area contributed by atoms with Gasteiger partial charge in [-0.15, -0.1) is 0 Å². The summed E-state index contributed by atoms with van der Waals surface area (Å²) in [6, 6.07) is 10.4. The second-order valence-electron chi connectivity index (χ2n) is 8.25. The van der Waals surface area contributed by atoms with Gasteiger partial charge in [-0.3, -0.25) is 4.79 Å². The van der Waals surface area contributed by atoms with Gasteiger partial charge in [0.2, 0.25) is 5.91 Å². The van der Waals surface area contributed by atoms with Crippen molar-refractivity contribution in [3.63, 3.8) is 0 Å². The van der Waals surface area contributed by atoms with Gasteiger partial charge in [-0.2, -0.15) is 0 Å². The second-order valence-corrected chi connectivity index (χ2v) is 8.25. The summed E-state index contributed by atoms with van der Waals surface area (Å²) in [5.41, 5.74) is 3.70. The van der Waals surface area contributed by atoms with E-state index in [4.69, 9.17) is 13.9 Å². The third-order valence-electron chi connectivity index (χ3n) is 5.39. The average molecular weight is 452 g/mol. The molecule has 3 aromatic rings. The van der Waals surface area contributed by atoms with E-state index in [1.165, 1.54) is 6.08 Å². The highest BCUT2D eigenvalue weighted by atomic mass is 16.5. The number of carbonyl (C=O) groups excluding carboxylic acids is 1. The Morgan fingerprint density at radius 1 is 1.09 bits per heavy atom. The van der Waals surface area contributed by atoms with Crippen LogP contribution in [0.4, 0.5) is 0 Å². The van der Waals surface area contributed by atoms with Crippen molar-refractivity contribution in [2.75, 3.05) is 14.2 Å². The fraction of sp³-hybridized carbons (Fsp3) is 0.308. The number of fused-ring (bicyclic) bond motifs is 1. The number of carboxylic acid groups (broad SMARTS) is 1. The molecule has 0 saturated heterocycles. The van der Waals surface area contributed by atoms with Gasteiger partial charge >= 0.3 is 5.97 Å². The SMILES string of the molecule is COc1cc2occ(-c3ccccc3OC)c2cc1/C(C)=C/C(=O)NC(CC(C)C)C(=O)O. The van der Waals surface area contributed by atoms with Crippen LogP contribution < -0.4 is 14.8 Å². The number of hydrogen-bond acceptors (Lipinski definition) is 5. The van der Waals surface area contributed by atoms with Gasteiger partial charge in [0.05, 0.1) is 20.5 Å². The van der Waals surface area contributed by atoms with Crippen molar-refractivity contribution in [3.05, 3.63) is 54.3 Å². The maximum absolute atomic E-state index is 12.6. The van der Waals surface area contributed by atoms with Crippen molar-refractivity contribution in [3.8, 4) is 22.6 Å². The first-order valence-electron chi connectivity index (χ1n) is 10.7. The van der Waals surface area contributed by atoms with Crippen molar-refractivity contribution < 1.29 is 28.6 Å². The number of furan rings is 1. The number of allylic oxidation sites excluding steroid dienone is 1. The van der Waals surface area contributed by atoms with Gasteiger partial charge in [0.1, 0.15) is 23.1 Å². The Morgan fingerprint density at radius 2 is 1.79 bits per heavy atom. The minimum atomic E-state index is -1.05. The van der Waals surface area contributed by atoms with Crippen molar-refractivity contribution >= 4 is 28.4 Å². The van der Waals surface area contributed by atoms with E-state index in [-0.39, 0.29) is 5.92 Å². The number of para-hydroxylation sites is 1. The number of hydrogen-bond donors (Lipinski definition) is 2. The summed E-state index contributed by atoms with van der Waals surface area (Å²) in [4.78, 5) is 24.1. The zero-order valence-corrected chi connectivity index (χ0v) is 19.5. The largest absolute Gasteiger partial charge is 0.496 e. The summed E-state index contributed by atoms with van der Waals surface area (Å²) in [5.74, 6) is -0.133. The van der Waals surface area contributed by atoms with Crippen LogP contribution in [0.2, 0.25) is 0 Å². The van der Waals surface area contributed by atoms with E-state index >= 15 is 0 Å². The standard InChI is InChI=1S/C26H29NO6/c1-15(2)10-21(26(29)30)27-25(28)11-16(3)18-12-19-20(14-33-24(19)13-23(18)32-5)17-8-6-7-9-22(17)31-4/h6-9,11-15,21H,10H2,1-5H3,(H,27,28)(H,29,30)/b16-11+. The van der Waals surface area contributed by atoms with Crippen LogP contribution in [-0.4, -0.2) is 37.2 Å². The summed E-state index contributed by atoms with van der Waals surface area (Å²) in [7, 11) is 3.16. The zero-order valence-electron chi connectivity index (χ0n) is 19.5. The van der Waals surface area contributed by atoms with Gasteiger partial charge < -0.3 is 24.3 Å². The predicted octanol–water partition coefficient (Wildman–Crippen LogP) is 5.14. The lowest BCUT2D eigenvalue weighted by Crippen LogP contribution is -2.40. The Balaban J connectivity index is 2.01. The molecule has 0 aliphatic carbocycles. The molecule has 1 unspecified atom stereocenters. The summed E-state index contributed by atoms with van der Waals surface area (Å²) in [5, 5.41) is 12.8. The molecular formula is C26H29NO6. The zero-order chi connectivity index (χ0) is 24.1. The molecule has 3 rings (SSSR count). The van der Waals surface area contributed by atoms with Crippen molar-refractivity contribution in [1.82, 2.24) is 5.32 Å². The van der Waals surface area contributed by atoms with Crippen LogP contribution in [0.15, 0.2) is 53.2 Å². The lowest BCUT2D eigenvalue weighted by Gasteiger charge is -2.16. The van der Waals surface area contributed by atoms with Crippen LogP contribution in [0.3, 0.4) is 0 Å². The number of aliphatic carboxylic acids is 1. The molecule has 1 aromatic heterocycles. The number of ether oxygens (including phenoxy) is 2. The smallest absolute Gasteiger partial charge is 0.326 e. The molecule has 33 heavy (non-hydrogen) atoms. The molecule has 0 radical (unpaired) electrons. The molecule has 0 fully saturated rings. The molecule has 7 heteroatoms. The fourth-order valence-corrected chi connectivity index (χ4v) is 3.79. The van der Waals surface area contributed by atoms with Gasteiger partial charge in [-0.25, -0.2) is 4.79 Å². The molecule has 0 aliphatic rings. The molecule has 1 atom stereocenters. The highest BCUT2D eigenvalue weighted by molar-refractivity contribution is 6.01. The molecule has 2 N–H and O–H groups in total. The average Bonchev–Trinajstić information content (AvgIpc) is 3.19. The third kappa shape index (κ3) is 5.37. The molecule has 1 heterocycles. The Hall–Kier alpha value is -3.74. The maximum atomic E-state index is 12.6. The summed E-state index contributed by atoms with van der Waals surface area (Å²) in [6.07, 6.45) is 3.41. The topological polar surface area (TPSA) is 98.0 Å². The van der Waals surface area contributed by atoms with E-state index in [0.29, 0.717) is 34.6 Å². The van der Waals surface area contributed by atoms with Crippen molar-refractivity contribution in [1.29, 1.82) is 0 Å². The second kappa shape index (κ2) is 10.3. The Morgan fingerprint density at radius 3 is 2.42 bits per heavy atom. The van der Waals surface area contributed by atoms with Crippen LogP contribution in [0.5, 0.6) is 11.5 Å². The van der Waals surface area contributed by atoms with E-state index in [9.17, 15) is 14.7 Å². The van der Waals surface area contributed by atoms with E-state index < -0.39 is 17.9 Å². The number of rotatable bonds is 9. The number of carbonyl (C=O) groups is 2. The number of nitrogens with one attached hydrogen (secondary N) is 1. The van der Waals surface area contributed by atoms with Crippen LogP contribution >= 0.6 is 0 Å². The van der Waals surface area contributed by atoms with Gasteiger partial charge in [0, 0.05) is 34.2 Å². The van der Waals surface area contributed by atoms with Crippen LogP contribution in [-0.2, 0) is 9.59 Å². The molecule has 0 saturated carbocycles. The highest BCUT2D eigenvalue weighted by Crippen LogP contribution is 2.40. The highest BCUT2D eigenvalue weighted by Gasteiger charge is 2.21. The first-order chi connectivity index (χ1) is 15.7. The summed E-state index contributed by atoms with van der Waals surface area (Å²) < 4.78 is 16.8. The van der Waals surface area contributed by atoms with Crippen LogP contribution in [0.1, 0.15) is 32.8 Å². The normalized spacial score (nSPS) is 12.6. The summed E-state index contributed by atoms with van der Waals surface area (Å²) >= 11 is 0. The first kappa shape index (κ1) is 23.9. The Kier molecular flexibility index (Phi) is 7.43. The number of carboxylic acids is 1. The lowest BCUT2D eigenvalue weighted by molar-refractivity contribution is -0.141. The van der Waals surface area contributed by atoms with Crippen molar-refractivity contribution in [2.24, 2.45) is 5.92 Å². The van der Waals surface area contributed by atoms with Gasteiger partial charge in [0.25, 0.3) is 0 Å². The van der Waals surface area contributed by atoms with E-state index in [1.54, 1.807) is 33.5 Å². The monoisotopic (exact) mass is 451 g/mol. The first-order valence-corrected chi connectivity index (χ1v) is 10.7. The van der Waals surface area contributed by atoms with E-state index in [1.807, 2.05) is 44.2 Å². The van der Waals surface area contributed by atoms with Crippen LogP contribution in [0.25, 0.3) is 27.7 Å². The number of benzene rings is 2. The minimum absolute atomic E-state index is 0.133. The van der Waals surface area contributed by atoms with Gasteiger partial charge in [0.15, 0.2) is 0 Å². The Labute approximate surface area is 193 Å². The molecule has 0 aliphatic heterocycles. The van der Waals surface area contributed by atoms with E-state index in [2.05, 4.69) is 5.32 Å². The molecule has 1 amide bonds. The lowest BCUT2D eigenvalue weighted by atomic mass is 9.98. The molecule has 2 aromatic carbocycles. The quantitative estimate of drug-likeness (QED) is 0.438. The number of methoxy groups -OCH3 is 2. The van der Waals surface area contributed by atoms with Crippen molar-refractivity contribution in [2.45, 2.75) is 33.2 Å². The maximum Gasteiger partial charge on any atom is 0.326 e. The summed E-state index contributed by atoms with van der Waals surface area (Å²) in [6.45, 7) is 5.60. The minimum Gasteiger partial charge on any atom is -0.496 e. The van der Waals surface area contributed by atoms with Gasteiger partial charge in [-0.1, -0.05) is 32.0 Å². The third-order valence-corrected chi connectivity index (χ3v) is 5.39. The van der Waals surface area contributed by atoms with Gasteiger partial charge in [-0.05, 0) is 37.0 Å². The predicted molar refractivity (Wildman–Crippen MR) is 127 cm³/mol. The van der Waals surface area contributed by atoms with E-state index in [0.717, 1.165) is 16.5 Å². The fourth-order valence-electron chi connectivity index (χ4n) is 3.79. The molecule has 174 valence electrons.